The van der Waals surface area contributed by atoms with Crippen LogP contribution in [-0.2, 0) is 17.8 Å². The summed E-state index contributed by atoms with van der Waals surface area (Å²) < 4.78 is 0. The van der Waals surface area contributed by atoms with Gasteiger partial charge in [0.2, 0.25) is 0 Å². The highest BCUT2D eigenvalue weighted by molar-refractivity contribution is 6.00. The number of aliphatic carboxylic acids is 1. The quantitative estimate of drug-likeness (QED) is 0.935. The number of carboxylic acids is 1. The van der Waals surface area contributed by atoms with Gasteiger partial charge in [-0.05, 0) is 17.2 Å². The smallest absolute Gasteiger partial charge is 0.326 e. The van der Waals surface area contributed by atoms with Crippen LogP contribution in [0.25, 0.3) is 0 Å². The fraction of sp³-hybridized carbons (Fsp3) is 0.176. The minimum atomic E-state index is -0.972. The molecule has 0 saturated heterocycles. The van der Waals surface area contributed by atoms with Crippen LogP contribution in [0.15, 0.2) is 54.6 Å². The van der Waals surface area contributed by atoms with Crippen molar-refractivity contribution in [2.24, 2.45) is 0 Å². The molecule has 0 aliphatic carbocycles. The fourth-order valence-corrected chi connectivity index (χ4v) is 2.70. The molecular formula is C17H15NO3. The van der Waals surface area contributed by atoms with Crippen molar-refractivity contribution in [1.29, 1.82) is 0 Å². The summed E-state index contributed by atoms with van der Waals surface area (Å²) in [5.74, 6) is -1.17. The van der Waals surface area contributed by atoms with Gasteiger partial charge in [-0.1, -0.05) is 48.5 Å². The Morgan fingerprint density at radius 1 is 1.10 bits per heavy atom. The topological polar surface area (TPSA) is 57.6 Å². The van der Waals surface area contributed by atoms with E-state index in [4.69, 9.17) is 0 Å². The Labute approximate surface area is 122 Å². The Balaban J connectivity index is 1.87. The fourth-order valence-electron chi connectivity index (χ4n) is 2.70. The summed E-state index contributed by atoms with van der Waals surface area (Å²) >= 11 is 0. The Morgan fingerprint density at radius 2 is 1.76 bits per heavy atom. The van der Waals surface area contributed by atoms with Gasteiger partial charge in [0, 0.05) is 18.5 Å². The standard InChI is InChI=1S/C17H15NO3/c19-16-14-9-5-4-8-13(14)11-18(16)15(17(20)21)10-12-6-2-1-3-7-12/h1-9,15H,10-11H2,(H,20,21)/t15-/m1/s1. The minimum absolute atomic E-state index is 0.200. The van der Waals surface area contributed by atoms with Crippen LogP contribution in [0.3, 0.4) is 0 Å². The van der Waals surface area contributed by atoms with Crippen LogP contribution in [0.2, 0.25) is 0 Å². The number of nitrogens with zero attached hydrogens (tertiary/aromatic N) is 1. The van der Waals surface area contributed by atoms with Crippen LogP contribution in [0.4, 0.5) is 0 Å². The van der Waals surface area contributed by atoms with Crippen LogP contribution in [-0.4, -0.2) is 27.9 Å². The number of carboxylic acid groups (broad SMARTS) is 1. The molecule has 0 bridgehead atoms. The number of benzene rings is 2. The number of amides is 1. The summed E-state index contributed by atoms with van der Waals surface area (Å²) in [5.41, 5.74) is 2.41. The number of carbonyl (C=O) groups is 2. The van der Waals surface area contributed by atoms with Crippen LogP contribution >= 0.6 is 0 Å². The van der Waals surface area contributed by atoms with E-state index in [9.17, 15) is 14.7 Å². The number of fused-ring (bicyclic) bond motifs is 1. The largest absolute Gasteiger partial charge is 0.480 e. The molecule has 1 atom stereocenters. The highest BCUT2D eigenvalue weighted by Crippen LogP contribution is 2.25. The van der Waals surface area contributed by atoms with E-state index >= 15 is 0 Å². The average molecular weight is 281 g/mol. The van der Waals surface area contributed by atoms with Crippen molar-refractivity contribution in [2.45, 2.75) is 19.0 Å². The molecular weight excluding hydrogens is 266 g/mol. The molecule has 0 saturated carbocycles. The zero-order valence-electron chi connectivity index (χ0n) is 11.4. The van der Waals surface area contributed by atoms with Gasteiger partial charge in [0.15, 0.2) is 0 Å². The second kappa shape index (κ2) is 5.40. The van der Waals surface area contributed by atoms with Crippen LogP contribution < -0.4 is 0 Å². The first-order valence-corrected chi connectivity index (χ1v) is 6.82. The van der Waals surface area contributed by atoms with Gasteiger partial charge in [0.05, 0.1) is 0 Å². The summed E-state index contributed by atoms with van der Waals surface area (Å²) in [6.45, 7) is 0.360. The molecule has 1 aliphatic heterocycles. The van der Waals surface area contributed by atoms with Gasteiger partial charge in [-0.2, -0.15) is 0 Å². The molecule has 21 heavy (non-hydrogen) atoms. The van der Waals surface area contributed by atoms with E-state index in [0.29, 0.717) is 18.5 Å². The molecule has 1 amide bonds. The SMILES string of the molecule is O=C(O)[C@@H](Cc1ccccc1)N1Cc2ccccc2C1=O. The average Bonchev–Trinajstić information content (AvgIpc) is 2.83. The van der Waals surface area contributed by atoms with E-state index in [1.54, 1.807) is 12.1 Å². The lowest BCUT2D eigenvalue weighted by Gasteiger charge is -2.24. The molecule has 1 heterocycles. The molecule has 3 rings (SSSR count). The maximum atomic E-state index is 12.4. The van der Waals surface area contributed by atoms with E-state index < -0.39 is 12.0 Å². The van der Waals surface area contributed by atoms with Gasteiger partial charge in [-0.15, -0.1) is 0 Å². The van der Waals surface area contributed by atoms with Crippen molar-refractivity contribution < 1.29 is 14.7 Å². The predicted octanol–water partition coefficient (Wildman–Crippen LogP) is 2.34. The van der Waals surface area contributed by atoms with Gasteiger partial charge in [-0.25, -0.2) is 4.79 Å². The molecule has 0 radical (unpaired) electrons. The molecule has 1 N–H and O–H groups in total. The molecule has 2 aromatic carbocycles. The van der Waals surface area contributed by atoms with Crippen molar-refractivity contribution in [3.63, 3.8) is 0 Å². The second-order valence-electron chi connectivity index (χ2n) is 5.13. The first-order valence-electron chi connectivity index (χ1n) is 6.82. The number of carbonyl (C=O) groups excluding carboxylic acids is 1. The third-order valence-corrected chi connectivity index (χ3v) is 3.78. The Bertz CT molecular complexity index is 681. The van der Waals surface area contributed by atoms with Gasteiger partial charge >= 0.3 is 5.97 Å². The van der Waals surface area contributed by atoms with E-state index in [-0.39, 0.29) is 5.91 Å². The highest BCUT2D eigenvalue weighted by Gasteiger charge is 2.36. The summed E-state index contributed by atoms with van der Waals surface area (Å²) in [6.07, 6.45) is 0.315. The van der Waals surface area contributed by atoms with E-state index in [0.717, 1.165) is 11.1 Å². The summed E-state index contributed by atoms with van der Waals surface area (Å²) in [4.78, 5) is 25.4. The Morgan fingerprint density at radius 3 is 2.43 bits per heavy atom. The first kappa shape index (κ1) is 13.4. The molecule has 0 unspecified atom stereocenters. The van der Waals surface area contributed by atoms with Gasteiger partial charge < -0.3 is 10.0 Å². The lowest BCUT2D eigenvalue weighted by molar-refractivity contribution is -0.142. The molecule has 0 aromatic heterocycles. The zero-order valence-corrected chi connectivity index (χ0v) is 11.4. The van der Waals surface area contributed by atoms with E-state index in [1.165, 1.54) is 4.90 Å². The van der Waals surface area contributed by atoms with Crippen molar-refractivity contribution >= 4 is 11.9 Å². The summed E-state index contributed by atoms with van der Waals surface area (Å²) in [5, 5.41) is 9.50. The molecule has 0 spiro atoms. The van der Waals surface area contributed by atoms with Crippen LogP contribution in [0.5, 0.6) is 0 Å². The molecule has 0 fully saturated rings. The van der Waals surface area contributed by atoms with E-state index in [1.807, 2.05) is 42.5 Å². The van der Waals surface area contributed by atoms with Gasteiger partial charge in [-0.3, -0.25) is 4.79 Å². The van der Waals surface area contributed by atoms with E-state index in [2.05, 4.69) is 0 Å². The molecule has 2 aromatic rings. The lowest BCUT2D eigenvalue weighted by Crippen LogP contribution is -2.42. The van der Waals surface area contributed by atoms with Crippen molar-refractivity contribution in [1.82, 2.24) is 4.90 Å². The molecule has 4 heteroatoms. The van der Waals surface area contributed by atoms with Crippen LogP contribution in [0.1, 0.15) is 21.5 Å². The van der Waals surface area contributed by atoms with Gasteiger partial charge in [0.25, 0.3) is 5.91 Å². The third-order valence-electron chi connectivity index (χ3n) is 3.78. The van der Waals surface area contributed by atoms with Gasteiger partial charge in [0.1, 0.15) is 6.04 Å². The zero-order chi connectivity index (χ0) is 14.8. The first-order chi connectivity index (χ1) is 10.2. The van der Waals surface area contributed by atoms with Crippen molar-refractivity contribution in [2.75, 3.05) is 0 Å². The molecule has 1 aliphatic rings. The Kier molecular flexibility index (Phi) is 3.44. The number of hydrogen-bond donors (Lipinski definition) is 1. The second-order valence-corrected chi connectivity index (χ2v) is 5.13. The molecule has 106 valence electrons. The minimum Gasteiger partial charge on any atom is -0.480 e. The highest BCUT2D eigenvalue weighted by atomic mass is 16.4. The third kappa shape index (κ3) is 2.52. The van der Waals surface area contributed by atoms with Crippen LogP contribution in [0, 0.1) is 0 Å². The van der Waals surface area contributed by atoms with Crippen molar-refractivity contribution in [3.05, 3.63) is 71.3 Å². The summed E-state index contributed by atoms with van der Waals surface area (Å²) in [6, 6.07) is 15.8. The number of hydrogen-bond acceptors (Lipinski definition) is 2. The Hall–Kier alpha value is -2.62. The summed E-state index contributed by atoms with van der Waals surface area (Å²) in [7, 11) is 0. The maximum Gasteiger partial charge on any atom is 0.326 e. The monoisotopic (exact) mass is 281 g/mol. The normalized spacial score (nSPS) is 14.9. The molecule has 4 nitrogen and oxygen atoms in total. The maximum absolute atomic E-state index is 12.4. The number of rotatable bonds is 4. The predicted molar refractivity (Wildman–Crippen MR) is 77.9 cm³/mol. The lowest BCUT2D eigenvalue weighted by atomic mass is 10.0. The van der Waals surface area contributed by atoms with Crippen molar-refractivity contribution in [3.8, 4) is 0 Å².